The van der Waals surface area contributed by atoms with Gasteiger partial charge in [0.1, 0.15) is 5.82 Å². The Morgan fingerprint density at radius 2 is 2.00 bits per heavy atom. The molecule has 3 rings (SSSR count). The lowest BCUT2D eigenvalue weighted by atomic mass is 9.83. The fourth-order valence-electron chi connectivity index (χ4n) is 2.93. The van der Waals surface area contributed by atoms with Crippen LogP contribution in [0, 0.1) is 5.82 Å². The number of halogens is 1. The van der Waals surface area contributed by atoms with Gasteiger partial charge in [-0.2, -0.15) is 0 Å². The molecule has 1 N–H and O–H groups in total. The van der Waals surface area contributed by atoms with Crippen LogP contribution in [0.2, 0.25) is 0 Å². The Labute approximate surface area is 121 Å². The van der Waals surface area contributed by atoms with Gasteiger partial charge in [-0.3, -0.25) is 4.79 Å². The van der Waals surface area contributed by atoms with Crippen LogP contribution < -0.4 is 5.32 Å². The number of benzene rings is 1. The summed E-state index contributed by atoms with van der Waals surface area (Å²) in [6.45, 7) is 0. The van der Waals surface area contributed by atoms with E-state index in [-0.39, 0.29) is 11.7 Å². The lowest BCUT2D eigenvalue weighted by molar-refractivity contribution is -0.121. The SMILES string of the molecule is O=C(Nc1cccc(F)c1)C1(c2cccs2)CCCC1. The number of carbonyl (C=O) groups excluding carboxylic acids is 1. The van der Waals surface area contributed by atoms with Crippen LogP contribution in [0.3, 0.4) is 0 Å². The maximum Gasteiger partial charge on any atom is 0.235 e. The van der Waals surface area contributed by atoms with Gasteiger partial charge in [0.05, 0.1) is 5.41 Å². The molecule has 2 aromatic rings. The molecular formula is C16H16FNOS. The zero-order valence-electron chi connectivity index (χ0n) is 11.1. The minimum atomic E-state index is -0.430. The number of nitrogens with one attached hydrogen (secondary N) is 1. The van der Waals surface area contributed by atoms with Crippen LogP contribution >= 0.6 is 11.3 Å². The highest BCUT2D eigenvalue weighted by Crippen LogP contribution is 2.43. The standard InChI is InChI=1S/C16H16FNOS/c17-12-5-3-6-13(11-12)18-15(19)16(8-1-2-9-16)14-7-4-10-20-14/h3-7,10-11H,1-2,8-9H2,(H,18,19). The number of amides is 1. The summed E-state index contributed by atoms with van der Waals surface area (Å²) < 4.78 is 13.2. The van der Waals surface area contributed by atoms with Gasteiger partial charge >= 0.3 is 0 Å². The summed E-state index contributed by atoms with van der Waals surface area (Å²) in [5.74, 6) is -0.345. The third-order valence-electron chi connectivity index (χ3n) is 3.97. The normalized spacial score (nSPS) is 17.1. The molecule has 1 aromatic heterocycles. The van der Waals surface area contributed by atoms with E-state index in [1.807, 2.05) is 17.5 Å². The van der Waals surface area contributed by atoms with Crippen molar-refractivity contribution in [3.05, 3.63) is 52.5 Å². The van der Waals surface area contributed by atoms with Crippen molar-refractivity contribution in [2.45, 2.75) is 31.1 Å². The van der Waals surface area contributed by atoms with Crippen molar-refractivity contribution < 1.29 is 9.18 Å². The molecule has 0 bridgehead atoms. The molecule has 0 atom stereocenters. The molecule has 1 amide bonds. The molecule has 20 heavy (non-hydrogen) atoms. The topological polar surface area (TPSA) is 29.1 Å². The quantitative estimate of drug-likeness (QED) is 0.895. The summed E-state index contributed by atoms with van der Waals surface area (Å²) >= 11 is 1.63. The zero-order valence-corrected chi connectivity index (χ0v) is 11.9. The second-order valence-corrected chi connectivity index (χ2v) is 6.18. The van der Waals surface area contributed by atoms with Crippen molar-refractivity contribution in [1.82, 2.24) is 0 Å². The van der Waals surface area contributed by atoms with Crippen molar-refractivity contribution in [3.63, 3.8) is 0 Å². The van der Waals surface area contributed by atoms with Gasteiger partial charge in [-0.25, -0.2) is 4.39 Å². The smallest absolute Gasteiger partial charge is 0.235 e. The van der Waals surface area contributed by atoms with Crippen molar-refractivity contribution >= 4 is 22.9 Å². The fourth-order valence-corrected chi connectivity index (χ4v) is 3.92. The zero-order chi connectivity index (χ0) is 14.0. The minimum Gasteiger partial charge on any atom is -0.325 e. The van der Waals surface area contributed by atoms with Crippen LogP contribution in [0.15, 0.2) is 41.8 Å². The number of anilines is 1. The predicted octanol–water partition coefficient (Wildman–Crippen LogP) is 4.34. The van der Waals surface area contributed by atoms with Crippen LogP contribution in [-0.4, -0.2) is 5.91 Å². The van der Waals surface area contributed by atoms with Crippen molar-refractivity contribution in [3.8, 4) is 0 Å². The molecule has 1 heterocycles. The van der Waals surface area contributed by atoms with Gasteiger partial charge < -0.3 is 5.32 Å². The van der Waals surface area contributed by atoms with Crippen LogP contribution in [-0.2, 0) is 10.2 Å². The van der Waals surface area contributed by atoms with Gasteiger partial charge in [0.25, 0.3) is 0 Å². The first-order valence-corrected chi connectivity index (χ1v) is 7.70. The van der Waals surface area contributed by atoms with Crippen LogP contribution in [0.1, 0.15) is 30.6 Å². The molecule has 1 saturated carbocycles. The molecule has 104 valence electrons. The van der Waals surface area contributed by atoms with E-state index in [9.17, 15) is 9.18 Å². The molecule has 4 heteroatoms. The predicted molar refractivity (Wildman–Crippen MR) is 79.5 cm³/mol. The first-order chi connectivity index (χ1) is 9.71. The number of thiophene rings is 1. The van der Waals surface area contributed by atoms with E-state index in [4.69, 9.17) is 0 Å². The minimum absolute atomic E-state index is 0.0111. The van der Waals surface area contributed by atoms with E-state index in [1.165, 1.54) is 12.1 Å². The highest BCUT2D eigenvalue weighted by Gasteiger charge is 2.43. The monoisotopic (exact) mass is 289 g/mol. The van der Waals surface area contributed by atoms with Crippen LogP contribution in [0.4, 0.5) is 10.1 Å². The first-order valence-electron chi connectivity index (χ1n) is 6.82. The van der Waals surface area contributed by atoms with Gasteiger partial charge in [-0.1, -0.05) is 25.0 Å². The summed E-state index contributed by atoms with van der Waals surface area (Å²) in [4.78, 5) is 13.8. The van der Waals surface area contributed by atoms with Crippen LogP contribution in [0.25, 0.3) is 0 Å². The van der Waals surface area contributed by atoms with Gasteiger partial charge in [-0.15, -0.1) is 11.3 Å². The Balaban J connectivity index is 1.87. The third kappa shape index (κ3) is 2.36. The number of hydrogen-bond acceptors (Lipinski definition) is 2. The Morgan fingerprint density at radius 3 is 2.65 bits per heavy atom. The molecule has 0 unspecified atom stereocenters. The Bertz CT molecular complexity index is 603. The third-order valence-corrected chi connectivity index (χ3v) is 5.04. The van der Waals surface area contributed by atoms with Crippen molar-refractivity contribution in [2.75, 3.05) is 5.32 Å². The maximum absolute atomic E-state index is 13.2. The first kappa shape index (κ1) is 13.3. The molecule has 0 saturated heterocycles. The molecule has 0 spiro atoms. The van der Waals surface area contributed by atoms with Crippen LogP contribution in [0.5, 0.6) is 0 Å². The highest BCUT2D eigenvalue weighted by atomic mass is 32.1. The summed E-state index contributed by atoms with van der Waals surface area (Å²) in [5.41, 5.74) is 0.0957. The Morgan fingerprint density at radius 1 is 1.20 bits per heavy atom. The Hall–Kier alpha value is -1.68. The van der Waals surface area contributed by atoms with E-state index in [2.05, 4.69) is 5.32 Å². The van der Waals surface area contributed by atoms with E-state index in [0.29, 0.717) is 5.69 Å². The van der Waals surface area contributed by atoms with Gasteiger partial charge in [0.15, 0.2) is 0 Å². The number of carbonyl (C=O) groups is 1. The number of rotatable bonds is 3. The average molecular weight is 289 g/mol. The largest absolute Gasteiger partial charge is 0.325 e. The molecule has 1 aliphatic carbocycles. The van der Waals surface area contributed by atoms with Gasteiger partial charge in [-0.05, 0) is 42.5 Å². The van der Waals surface area contributed by atoms with Crippen molar-refractivity contribution in [1.29, 1.82) is 0 Å². The summed E-state index contributed by atoms with van der Waals surface area (Å²) in [7, 11) is 0. The van der Waals surface area contributed by atoms with Crippen molar-refractivity contribution in [2.24, 2.45) is 0 Å². The fraction of sp³-hybridized carbons (Fsp3) is 0.312. The highest BCUT2D eigenvalue weighted by molar-refractivity contribution is 7.10. The summed E-state index contributed by atoms with van der Waals surface area (Å²) in [5, 5.41) is 4.89. The lowest BCUT2D eigenvalue weighted by Crippen LogP contribution is -2.37. The Kier molecular flexibility index (Phi) is 3.57. The van der Waals surface area contributed by atoms with Gasteiger partial charge in [0.2, 0.25) is 5.91 Å². The van der Waals surface area contributed by atoms with E-state index in [0.717, 1.165) is 30.6 Å². The molecule has 1 aliphatic rings. The van der Waals surface area contributed by atoms with E-state index < -0.39 is 5.41 Å². The summed E-state index contributed by atoms with van der Waals surface area (Å²) in [6.07, 6.45) is 3.87. The molecule has 0 radical (unpaired) electrons. The molecule has 1 aromatic carbocycles. The second kappa shape index (κ2) is 5.37. The second-order valence-electron chi connectivity index (χ2n) is 5.23. The maximum atomic E-state index is 13.2. The molecular weight excluding hydrogens is 273 g/mol. The molecule has 0 aliphatic heterocycles. The van der Waals surface area contributed by atoms with Gasteiger partial charge in [0, 0.05) is 10.6 Å². The lowest BCUT2D eigenvalue weighted by Gasteiger charge is -2.26. The molecule has 2 nitrogen and oxygen atoms in total. The van der Waals surface area contributed by atoms with E-state index in [1.54, 1.807) is 23.5 Å². The molecule has 1 fully saturated rings. The average Bonchev–Trinajstić information content (AvgIpc) is 3.11. The van der Waals surface area contributed by atoms with E-state index >= 15 is 0 Å². The summed E-state index contributed by atoms with van der Waals surface area (Å²) in [6, 6.07) is 10.1. The number of hydrogen-bond donors (Lipinski definition) is 1.